The normalized spacial score (nSPS) is 16.0. The largest absolute Gasteiger partial charge is 0.506 e. The van der Waals surface area contributed by atoms with Crippen molar-refractivity contribution in [3.8, 4) is 22.9 Å². The van der Waals surface area contributed by atoms with Gasteiger partial charge in [0.15, 0.2) is 0 Å². The summed E-state index contributed by atoms with van der Waals surface area (Å²) in [5.41, 5.74) is 2.53. The van der Waals surface area contributed by atoms with E-state index in [9.17, 15) is 20.3 Å². The molecule has 0 aromatic heterocycles. The number of aliphatic carboxylic acids is 1. The molecule has 1 aliphatic rings. The van der Waals surface area contributed by atoms with E-state index in [0.717, 1.165) is 5.56 Å². The number of aliphatic hydroxyl groups is 1. The van der Waals surface area contributed by atoms with Crippen molar-refractivity contribution in [3.63, 3.8) is 0 Å². The minimum Gasteiger partial charge on any atom is -0.506 e. The fourth-order valence-electron chi connectivity index (χ4n) is 3.28. The molecule has 0 radical (unpaired) electrons. The molecule has 0 fully saturated rings. The number of carboxylic acid groups (broad SMARTS) is 1. The average molecular weight is 376 g/mol. The Hall–Kier alpha value is -3.72. The summed E-state index contributed by atoms with van der Waals surface area (Å²) >= 11 is 0. The first-order valence-electron chi connectivity index (χ1n) is 8.80. The molecule has 2 N–H and O–H groups in total. The maximum absolute atomic E-state index is 11.4. The molecule has 0 saturated heterocycles. The zero-order chi connectivity index (χ0) is 20.3. The molecule has 0 bridgehead atoms. The van der Waals surface area contributed by atoms with Gasteiger partial charge in [-0.2, -0.15) is 5.26 Å². The van der Waals surface area contributed by atoms with Crippen LogP contribution in [0.4, 0.5) is 0 Å². The number of nitriles is 1. The summed E-state index contributed by atoms with van der Waals surface area (Å²) in [5.74, 6) is -0.962. The topological polar surface area (TPSA) is 93.8 Å². The monoisotopic (exact) mass is 376 g/mol. The molecule has 2 aromatic rings. The van der Waals surface area contributed by atoms with E-state index < -0.39 is 12.0 Å². The van der Waals surface area contributed by atoms with Crippen molar-refractivity contribution in [3.05, 3.63) is 77.2 Å². The lowest BCUT2D eigenvalue weighted by Crippen LogP contribution is -2.24. The van der Waals surface area contributed by atoms with Crippen molar-refractivity contribution in [1.82, 2.24) is 4.90 Å². The van der Waals surface area contributed by atoms with Crippen LogP contribution in [0, 0.1) is 11.3 Å². The van der Waals surface area contributed by atoms with Gasteiger partial charge in [0.05, 0.1) is 24.3 Å². The van der Waals surface area contributed by atoms with Gasteiger partial charge in [0.2, 0.25) is 0 Å². The standard InChI is InChI=1S/C22H20N2O4/c1-3-28-20-10-15(18-11-17(22(26)27)19(25)13-24(18)2)9-16(12-23)21(20)14-7-5-4-6-8-14/h4-11,13,18,25H,3H2,1-2H3,(H,26,27). The van der Waals surface area contributed by atoms with Crippen molar-refractivity contribution >= 4 is 5.97 Å². The van der Waals surface area contributed by atoms with E-state index in [1.54, 1.807) is 18.0 Å². The quantitative estimate of drug-likeness (QED) is 0.819. The Morgan fingerprint density at radius 3 is 2.61 bits per heavy atom. The maximum atomic E-state index is 11.4. The minimum atomic E-state index is -1.21. The number of likely N-dealkylation sites (N-methyl/N-ethyl adjacent to an activating group) is 1. The van der Waals surface area contributed by atoms with Crippen LogP contribution in [0.15, 0.2) is 66.1 Å². The summed E-state index contributed by atoms with van der Waals surface area (Å²) in [7, 11) is 1.73. The van der Waals surface area contributed by atoms with Gasteiger partial charge in [-0.1, -0.05) is 30.3 Å². The van der Waals surface area contributed by atoms with Gasteiger partial charge >= 0.3 is 5.97 Å². The highest BCUT2D eigenvalue weighted by molar-refractivity contribution is 5.91. The predicted octanol–water partition coefficient (Wildman–Crippen LogP) is 4.02. The van der Waals surface area contributed by atoms with Crippen molar-refractivity contribution in [2.75, 3.05) is 13.7 Å². The van der Waals surface area contributed by atoms with E-state index in [1.165, 1.54) is 12.3 Å². The fraction of sp³-hybridized carbons (Fsp3) is 0.182. The first-order chi connectivity index (χ1) is 13.5. The van der Waals surface area contributed by atoms with Gasteiger partial charge in [0, 0.05) is 18.8 Å². The number of ether oxygens (including phenoxy) is 1. The fourth-order valence-corrected chi connectivity index (χ4v) is 3.28. The summed E-state index contributed by atoms with van der Waals surface area (Å²) in [5, 5.41) is 29.0. The summed E-state index contributed by atoms with van der Waals surface area (Å²) in [4.78, 5) is 13.1. The molecule has 1 atom stereocenters. The Morgan fingerprint density at radius 1 is 1.29 bits per heavy atom. The second-order valence-electron chi connectivity index (χ2n) is 6.36. The van der Waals surface area contributed by atoms with Crippen LogP contribution in [0.25, 0.3) is 11.1 Å². The molecule has 0 saturated carbocycles. The van der Waals surface area contributed by atoms with Crippen LogP contribution in [-0.2, 0) is 4.79 Å². The zero-order valence-electron chi connectivity index (χ0n) is 15.6. The second-order valence-corrected chi connectivity index (χ2v) is 6.36. The van der Waals surface area contributed by atoms with Crippen LogP contribution < -0.4 is 4.74 Å². The van der Waals surface area contributed by atoms with Gasteiger partial charge in [-0.15, -0.1) is 0 Å². The maximum Gasteiger partial charge on any atom is 0.339 e. The van der Waals surface area contributed by atoms with E-state index in [0.29, 0.717) is 29.0 Å². The van der Waals surface area contributed by atoms with Gasteiger partial charge < -0.3 is 19.8 Å². The highest BCUT2D eigenvalue weighted by atomic mass is 16.5. The molecule has 28 heavy (non-hydrogen) atoms. The van der Waals surface area contributed by atoms with E-state index in [1.807, 2.05) is 43.3 Å². The SMILES string of the molecule is CCOc1cc(C2C=C(C(=O)O)C(O)=CN2C)cc(C#N)c1-c1ccccc1. The van der Waals surface area contributed by atoms with Crippen LogP contribution in [0.5, 0.6) is 5.75 Å². The van der Waals surface area contributed by atoms with Crippen LogP contribution in [0.2, 0.25) is 0 Å². The van der Waals surface area contributed by atoms with Gasteiger partial charge in [0.25, 0.3) is 0 Å². The summed E-state index contributed by atoms with van der Waals surface area (Å²) in [6.45, 7) is 2.29. The number of benzene rings is 2. The molecule has 2 aromatic carbocycles. The highest BCUT2D eigenvalue weighted by Gasteiger charge is 2.26. The summed E-state index contributed by atoms with van der Waals surface area (Å²) in [6.07, 6.45) is 2.83. The minimum absolute atomic E-state index is 0.174. The Balaban J connectivity index is 2.17. The second kappa shape index (κ2) is 7.89. The molecule has 1 heterocycles. The van der Waals surface area contributed by atoms with E-state index in [-0.39, 0.29) is 11.3 Å². The number of nitrogens with zero attached hydrogens (tertiary/aromatic N) is 2. The number of carboxylic acids is 1. The van der Waals surface area contributed by atoms with Crippen LogP contribution in [0.1, 0.15) is 24.1 Å². The van der Waals surface area contributed by atoms with Gasteiger partial charge in [-0.05, 0) is 36.3 Å². The predicted molar refractivity (Wildman–Crippen MR) is 105 cm³/mol. The van der Waals surface area contributed by atoms with Gasteiger partial charge in [0.1, 0.15) is 17.1 Å². The van der Waals surface area contributed by atoms with Crippen molar-refractivity contribution < 1.29 is 19.7 Å². The van der Waals surface area contributed by atoms with E-state index in [4.69, 9.17) is 4.74 Å². The van der Waals surface area contributed by atoms with Gasteiger partial charge in [-0.25, -0.2) is 4.79 Å². The lowest BCUT2D eigenvalue weighted by atomic mass is 9.92. The molecular weight excluding hydrogens is 356 g/mol. The molecular formula is C22H20N2O4. The Bertz CT molecular complexity index is 1000. The number of rotatable bonds is 5. The first kappa shape index (κ1) is 19.1. The molecule has 1 unspecified atom stereocenters. The number of carbonyl (C=O) groups is 1. The molecule has 3 rings (SSSR count). The van der Waals surface area contributed by atoms with Crippen LogP contribution in [0.3, 0.4) is 0 Å². The lowest BCUT2D eigenvalue weighted by Gasteiger charge is -2.29. The Kier molecular flexibility index (Phi) is 5.37. The lowest BCUT2D eigenvalue weighted by molar-refractivity contribution is -0.132. The van der Waals surface area contributed by atoms with Crippen molar-refractivity contribution in [2.45, 2.75) is 13.0 Å². The molecule has 6 nitrogen and oxygen atoms in total. The Morgan fingerprint density at radius 2 is 2.00 bits per heavy atom. The number of hydrogen-bond donors (Lipinski definition) is 2. The number of aliphatic hydroxyl groups excluding tert-OH is 1. The van der Waals surface area contributed by atoms with Crippen LogP contribution >= 0.6 is 0 Å². The molecule has 0 amide bonds. The number of hydrogen-bond acceptors (Lipinski definition) is 5. The third kappa shape index (κ3) is 3.55. The molecule has 6 heteroatoms. The highest BCUT2D eigenvalue weighted by Crippen LogP contribution is 2.38. The molecule has 1 aliphatic heterocycles. The summed E-state index contributed by atoms with van der Waals surface area (Å²) in [6, 6.07) is 14.8. The first-order valence-corrected chi connectivity index (χ1v) is 8.80. The third-order valence-corrected chi connectivity index (χ3v) is 4.54. The Labute approximate surface area is 163 Å². The zero-order valence-corrected chi connectivity index (χ0v) is 15.6. The smallest absolute Gasteiger partial charge is 0.339 e. The van der Waals surface area contributed by atoms with Crippen molar-refractivity contribution in [2.24, 2.45) is 0 Å². The van der Waals surface area contributed by atoms with Gasteiger partial charge in [-0.3, -0.25) is 0 Å². The van der Waals surface area contributed by atoms with E-state index in [2.05, 4.69) is 6.07 Å². The van der Waals surface area contributed by atoms with E-state index >= 15 is 0 Å². The van der Waals surface area contributed by atoms with Crippen molar-refractivity contribution in [1.29, 1.82) is 5.26 Å². The third-order valence-electron chi connectivity index (χ3n) is 4.54. The molecule has 142 valence electrons. The average Bonchev–Trinajstić information content (AvgIpc) is 2.68. The molecule has 0 aliphatic carbocycles. The molecule has 0 spiro atoms. The summed E-state index contributed by atoms with van der Waals surface area (Å²) < 4.78 is 5.82. The van der Waals surface area contributed by atoms with Crippen LogP contribution in [-0.4, -0.2) is 34.7 Å².